The Morgan fingerprint density at radius 3 is 1.84 bits per heavy atom. The highest BCUT2D eigenvalue weighted by molar-refractivity contribution is 6.09. The molecule has 38 heavy (non-hydrogen) atoms. The van der Waals surface area contributed by atoms with E-state index in [1.165, 1.54) is 38.3 Å². The van der Waals surface area contributed by atoms with Gasteiger partial charge < -0.3 is 4.57 Å². The number of pyridine rings is 1. The molecule has 3 aromatic heterocycles. The molecule has 178 valence electrons. The highest BCUT2D eigenvalue weighted by Crippen LogP contribution is 2.34. The van der Waals surface area contributed by atoms with Gasteiger partial charge in [0, 0.05) is 33.6 Å². The van der Waals surface area contributed by atoms with E-state index >= 15 is 0 Å². The van der Waals surface area contributed by atoms with Gasteiger partial charge in [0.1, 0.15) is 0 Å². The van der Waals surface area contributed by atoms with Crippen molar-refractivity contribution in [2.45, 2.75) is 0 Å². The van der Waals surface area contributed by atoms with E-state index in [0.29, 0.717) is 0 Å². The van der Waals surface area contributed by atoms with Gasteiger partial charge in [0.05, 0.1) is 11.0 Å². The summed E-state index contributed by atoms with van der Waals surface area (Å²) in [6.45, 7) is 0. The highest BCUT2D eigenvalue weighted by atomic mass is 15.2. The van der Waals surface area contributed by atoms with Gasteiger partial charge in [-0.15, -0.1) is 10.2 Å². The SMILES string of the molecule is c1ccc(-c2cccc3c2ccn2c(-c4ccc(-n5c6ccccc6c6ccccc65)cc4)nnc32)cc1. The summed E-state index contributed by atoms with van der Waals surface area (Å²) in [6, 6.07) is 44.8. The minimum absolute atomic E-state index is 0.834. The molecule has 0 saturated carbocycles. The zero-order valence-corrected chi connectivity index (χ0v) is 20.5. The molecule has 8 rings (SSSR count). The Bertz CT molecular complexity index is 2060. The average molecular weight is 487 g/mol. The van der Waals surface area contributed by atoms with Gasteiger partial charge in [-0.2, -0.15) is 0 Å². The normalized spacial score (nSPS) is 11.7. The van der Waals surface area contributed by atoms with E-state index in [9.17, 15) is 0 Å². The first-order valence-electron chi connectivity index (χ1n) is 12.8. The van der Waals surface area contributed by atoms with E-state index < -0.39 is 0 Å². The van der Waals surface area contributed by atoms with Crippen LogP contribution in [0.5, 0.6) is 0 Å². The molecule has 0 aliphatic rings. The molecular formula is C34H22N4. The molecular weight excluding hydrogens is 464 g/mol. The van der Waals surface area contributed by atoms with Crippen molar-refractivity contribution in [2.24, 2.45) is 0 Å². The Morgan fingerprint density at radius 1 is 0.447 bits per heavy atom. The second kappa shape index (κ2) is 8.15. The molecule has 4 nitrogen and oxygen atoms in total. The standard InChI is InChI=1S/C34H22N4/c1-2-9-23(10-3-1)26-13-8-14-30-27(26)21-22-37-33(35-36-34(30)37)24-17-19-25(20-18-24)38-31-15-6-4-11-28(31)29-12-5-7-16-32(29)38/h1-22H. The lowest BCUT2D eigenvalue weighted by Crippen LogP contribution is -1.95. The van der Waals surface area contributed by atoms with Crippen LogP contribution in [0.15, 0.2) is 134 Å². The number of benzene rings is 5. The Kier molecular flexibility index (Phi) is 4.49. The van der Waals surface area contributed by atoms with Crippen LogP contribution in [-0.4, -0.2) is 19.2 Å². The number of hydrogen-bond donors (Lipinski definition) is 0. The predicted molar refractivity (Wildman–Crippen MR) is 156 cm³/mol. The van der Waals surface area contributed by atoms with Gasteiger partial charge in [-0.1, -0.05) is 84.9 Å². The lowest BCUT2D eigenvalue weighted by atomic mass is 9.99. The monoisotopic (exact) mass is 486 g/mol. The Labute approximate surface area is 219 Å². The van der Waals surface area contributed by atoms with E-state index in [1.54, 1.807) is 0 Å². The molecule has 0 amide bonds. The molecule has 0 spiro atoms. The third kappa shape index (κ3) is 3.04. The largest absolute Gasteiger partial charge is 0.309 e. The zero-order chi connectivity index (χ0) is 25.1. The minimum Gasteiger partial charge on any atom is -0.309 e. The van der Waals surface area contributed by atoms with Gasteiger partial charge in [-0.3, -0.25) is 4.40 Å². The van der Waals surface area contributed by atoms with Crippen LogP contribution in [0.3, 0.4) is 0 Å². The summed E-state index contributed by atoms with van der Waals surface area (Å²) in [5, 5.41) is 14.0. The van der Waals surface area contributed by atoms with Crippen LogP contribution in [0, 0.1) is 0 Å². The van der Waals surface area contributed by atoms with Crippen LogP contribution in [-0.2, 0) is 0 Å². The molecule has 0 fully saturated rings. The molecule has 0 atom stereocenters. The van der Waals surface area contributed by atoms with Gasteiger partial charge in [0.15, 0.2) is 11.5 Å². The summed E-state index contributed by atoms with van der Waals surface area (Å²) in [6.07, 6.45) is 2.08. The summed E-state index contributed by atoms with van der Waals surface area (Å²) in [5.41, 5.74) is 7.82. The number of para-hydroxylation sites is 2. The fourth-order valence-electron chi connectivity index (χ4n) is 5.73. The average Bonchev–Trinajstić information content (AvgIpc) is 3.57. The lowest BCUT2D eigenvalue weighted by molar-refractivity contribution is 1.11. The van der Waals surface area contributed by atoms with Crippen LogP contribution in [0.2, 0.25) is 0 Å². The third-order valence-electron chi connectivity index (χ3n) is 7.48. The third-order valence-corrected chi connectivity index (χ3v) is 7.48. The maximum Gasteiger partial charge on any atom is 0.168 e. The molecule has 0 unspecified atom stereocenters. The van der Waals surface area contributed by atoms with Gasteiger partial charge in [-0.05, 0) is 59.0 Å². The molecule has 3 heterocycles. The van der Waals surface area contributed by atoms with Gasteiger partial charge in [0.2, 0.25) is 0 Å². The molecule has 8 aromatic rings. The summed E-state index contributed by atoms with van der Waals surface area (Å²) >= 11 is 0. The van der Waals surface area contributed by atoms with Crippen LogP contribution in [0.1, 0.15) is 0 Å². The molecule has 4 heteroatoms. The van der Waals surface area contributed by atoms with Gasteiger partial charge in [0.25, 0.3) is 0 Å². The van der Waals surface area contributed by atoms with Crippen molar-refractivity contribution < 1.29 is 0 Å². The van der Waals surface area contributed by atoms with E-state index in [2.05, 4.69) is 147 Å². The quantitative estimate of drug-likeness (QED) is 0.252. The van der Waals surface area contributed by atoms with Gasteiger partial charge >= 0.3 is 0 Å². The molecule has 0 saturated heterocycles. The summed E-state index contributed by atoms with van der Waals surface area (Å²) in [4.78, 5) is 0. The molecule has 5 aromatic carbocycles. The molecule has 0 aliphatic heterocycles. The van der Waals surface area contributed by atoms with Crippen molar-refractivity contribution in [3.8, 4) is 28.2 Å². The van der Waals surface area contributed by atoms with Crippen molar-refractivity contribution >= 4 is 38.2 Å². The summed E-state index contributed by atoms with van der Waals surface area (Å²) < 4.78 is 4.42. The van der Waals surface area contributed by atoms with Crippen LogP contribution >= 0.6 is 0 Å². The van der Waals surface area contributed by atoms with Crippen molar-refractivity contribution in [3.63, 3.8) is 0 Å². The Balaban J connectivity index is 1.25. The summed E-state index contributed by atoms with van der Waals surface area (Å²) in [7, 11) is 0. The number of aromatic nitrogens is 4. The molecule has 0 aliphatic carbocycles. The highest BCUT2D eigenvalue weighted by Gasteiger charge is 2.15. The second-order valence-electron chi connectivity index (χ2n) is 9.58. The molecule has 0 bridgehead atoms. The van der Waals surface area contributed by atoms with Crippen molar-refractivity contribution in [1.29, 1.82) is 0 Å². The van der Waals surface area contributed by atoms with Crippen LogP contribution < -0.4 is 0 Å². The fraction of sp³-hybridized carbons (Fsp3) is 0. The Morgan fingerprint density at radius 2 is 1.11 bits per heavy atom. The van der Waals surface area contributed by atoms with Crippen molar-refractivity contribution in [1.82, 2.24) is 19.2 Å². The first-order valence-corrected chi connectivity index (χ1v) is 12.8. The molecule has 0 radical (unpaired) electrons. The number of nitrogens with zero attached hydrogens (tertiary/aromatic N) is 4. The Hall–Kier alpha value is -5.22. The fourth-order valence-corrected chi connectivity index (χ4v) is 5.73. The summed E-state index contributed by atoms with van der Waals surface area (Å²) in [5.74, 6) is 0.834. The molecule has 0 N–H and O–H groups in total. The zero-order valence-electron chi connectivity index (χ0n) is 20.5. The van der Waals surface area contributed by atoms with Crippen molar-refractivity contribution in [3.05, 3.63) is 134 Å². The van der Waals surface area contributed by atoms with E-state index in [1.807, 2.05) is 6.07 Å². The van der Waals surface area contributed by atoms with Crippen molar-refractivity contribution in [2.75, 3.05) is 0 Å². The van der Waals surface area contributed by atoms with Crippen LogP contribution in [0.4, 0.5) is 0 Å². The topological polar surface area (TPSA) is 35.1 Å². The maximum atomic E-state index is 4.62. The number of hydrogen-bond acceptors (Lipinski definition) is 2. The predicted octanol–water partition coefficient (Wildman–Crippen LogP) is 8.31. The first kappa shape index (κ1) is 20.9. The van der Waals surface area contributed by atoms with E-state index in [4.69, 9.17) is 0 Å². The number of fused-ring (bicyclic) bond motifs is 6. The van der Waals surface area contributed by atoms with Crippen LogP contribution in [0.25, 0.3) is 66.4 Å². The smallest absolute Gasteiger partial charge is 0.168 e. The second-order valence-corrected chi connectivity index (χ2v) is 9.58. The van der Waals surface area contributed by atoms with E-state index in [0.717, 1.165) is 28.1 Å². The first-order chi connectivity index (χ1) is 18.9. The van der Waals surface area contributed by atoms with E-state index in [-0.39, 0.29) is 0 Å². The minimum atomic E-state index is 0.834. The van der Waals surface area contributed by atoms with Gasteiger partial charge in [-0.25, -0.2) is 0 Å². The number of rotatable bonds is 3. The maximum absolute atomic E-state index is 4.62. The lowest BCUT2D eigenvalue weighted by Gasteiger charge is -2.10.